The number of hydrogen-bond acceptors (Lipinski definition) is 6. The zero-order valence-corrected chi connectivity index (χ0v) is 9.96. The van der Waals surface area contributed by atoms with Crippen LogP contribution in [0.2, 0.25) is 0 Å². The SMILES string of the molecule is CN1CCC(Nc2ccc([N+](=O)[O-])c(C#N)n2)C1. The predicted molar refractivity (Wildman–Crippen MR) is 65.1 cm³/mol. The highest BCUT2D eigenvalue weighted by Crippen LogP contribution is 2.20. The number of aromatic nitrogens is 1. The molecule has 1 saturated heterocycles. The Morgan fingerprint density at radius 3 is 3.00 bits per heavy atom. The number of nitrogens with zero attached hydrogens (tertiary/aromatic N) is 4. The number of nitrogens with one attached hydrogen (secondary N) is 1. The van der Waals surface area contributed by atoms with Crippen LogP contribution in [0.3, 0.4) is 0 Å². The van der Waals surface area contributed by atoms with Crippen molar-refractivity contribution in [2.24, 2.45) is 0 Å². The van der Waals surface area contributed by atoms with Gasteiger partial charge in [0.1, 0.15) is 11.9 Å². The van der Waals surface area contributed by atoms with Crippen molar-refractivity contribution in [3.05, 3.63) is 27.9 Å². The third-order valence-electron chi connectivity index (χ3n) is 2.92. The first-order valence-corrected chi connectivity index (χ1v) is 5.61. The molecule has 1 atom stereocenters. The summed E-state index contributed by atoms with van der Waals surface area (Å²) in [5, 5.41) is 22.7. The van der Waals surface area contributed by atoms with Crippen molar-refractivity contribution in [3.8, 4) is 6.07 Å². The Labute approximate surface area is 104 Å². The van der Waals surface area contributed by atoms with Crippen LogP contribution >= 0.6 is 0 Å². The zero-order valence-electron chi connectivity index (χ0n) is 9.96. The van der Waals surface area contributed by atoms with Crippen LogP contribution in [0, 0.1) is 21.4 Å². The molecular formula is C11H13N5O2. The molecule has 1 aliphatic rings. The summed E-state index contributed by atoms with van der Waals surface area (Å²) in [5.41, 5.74) is -0.414. The summed E-state index contributed by atoms with van der Waals surface area (Å²) < 4.78 is 0. The van der Waals surface area contributed by atoms with Crippen molar-refractivity contribution in [2.75, 3.05) is 25.5 Å². The summed E-state index contributed by atoms with van der Waals surface area (Å²) in [6.45, 7) is 1.91. The van der Waals surface area contributed by atoms with Gasteiger partial charge in [0.15, 0.2) is 0 Å². The van der Waals surface area contributed by atoms with Gasteiger partial charge >= 0.3 is 5.69 Å². The molecule has 1 aromatic rings. The largest absolute Gasteiger partial charge is 0.366 e. The number of likely N-dealkylation sites (tertiary alicyclic amines) is 1. The van der Waals surface area contributed by atoms with Gasteiger partial charge in [-0.25, -0.2) is 4.98 Å². The van der Waals surface area contributed by atoms with Crippen molar-refractivity contribution in [2.45, 2.75) is 12.5 Å². The molecular weight excluding hydrogens is 234 g/mol. The molecule has 0 radical (unpaired) electrons. The maximum atomic E-state index is 10.7. The van der Waals surface area contributed by atoms with Crippen LogP contribution in [0.25, 0.3) is 0 Å². The molecule has 7 heteroatoms. The fourth-order valence-corrected chi connectivity index (χ4v) is 2.02. The molecule has 0 bridgehead atoms. The highest BCUT2D eigenvalue weighted by Gasteiger charge is 2.21. The quantitative estimate of drug-likeness (QED) is 0.631. The van der Waals surface area contributed by atoms with E-state index in [4.69, 9.17) is 5.26 Å². The monoisotopic (exact) mass is 247 g/mol. The minimum atomic E-state index is -0.599. The van der Waals surface area contributed by atoms with Crippen molar-refractivity contribution in [1.82, 2.24) is 9.88 Å². The number of pyridine rings is 1. The van der Waals surface area contributed by atoms with Gasteiger partial charge in [-0.1, -0.05) is 0 Å². The van der Waals surface area contributed by atoms with Gasteiger partial charge in [-0.2, -0.15) is 5.26 Å². The highest BCUT2D eigenvalue weighted by molar-refractivity contribution is 5.50. The molecule has 18 heavy (non-hydrogen) atoms. The lowest BCUT2D eigenvalue weighted by Gasteiger charge is -2.13. The van der Waals surface area contributed by atoms with Crippen LogP contribution in [0.5, 0.6) is 0 Å². The number of hydrogen-bond donors (Lipinski definition) is 1. The second kappa shape index (κ2) is 4.98. The molecule has 0 amide bonds. The summed E-state index contributed by atoms with van der Waals surface area (Å²) >= 11 is 0. The first-order valence-electron chi connectivity index (χ1n) is 5.61. The van der Waals surface area contributed by atoms with Gasteiger partial charge in [0, 0.05) is 18.7 Å². The van der Waals surface area contributed by atoms with Crippen LogP contribution < -0.4 is 5.32 Å². The smallest absolute Gasteiger partial charge is 0.305 e. The van der Waals surface area contributed by atoms with E-state index in [1.165, 1.54) is 12.1 Å². The summed E-state index contributed by atoms with van der Waals surface area (Å²) in [7, 11) is 2.03. The Bertz CT molecular complexity index is 511. The van der Waals surface area contributed by atoms with E-state index in [-0.39, 0.29) is 17.4 Å². The summed E-state index contributed by atoms with van der Waals surface area (Å²) in [6, 6.07) is 4.87. The maximum Gasteiger partial charge on any atom is 0.305 e. The van der Waals surface area contributed by atoms with Gasteiger partial charge < -0.3 is 10.2 Å². The molecule has 0 aliphatic carbocycles. The minimum Gasteiger partial charge on any atom is -0.366 e. The highest BCUT2D eigenvalue weighted by atomic mass is 16.6. The number of anilines is 1. The Balaban J connectivity index is 2.15. The van der Waals surface area contributed by atoms with E-state index in [2.05, 4.69) is 15.2 Å². The molecule has 1 fully saturated rings. The lowest BCUT2D eigenvalue weighted by Crippen LogP contribution is -2.24. The predicted octanol–water partition coefficient (Wildman–Crippen LogP) is 0.977. The van der Waals surface area contributed by atoms with E-state index in [0.29, 0.717) is 5.82 Å². The first-order chi connectivity index (χ1) is 8.60. The Morgan fingerprint density at radius 2 is 2.44 bits per heavy atom. The van der Waals surface area contributed by atoms with Crippen molar-refractivity contribution < 1.29 is 4.92 Å². The van der Waals surface area contributed by atoms with Crippen LogP contribution in [-0.2, 0) is 0 Å². The van der Waals surface area contributed by atoms with Gasteiger partial charge in [-0.3, -0.25) is 10.1 Å². The van der Waals surface area contributed by atoms with Crippen molar-refractivity contribution in [1.29, 1.82) is 5.26 Å². The van der Waals surface area contributed by atoms with Crippen LogP contribution in [0.15, 0.2) is 12.1 Å². The topological polar surface area (TPSA) is 95.1 Å². The third kappa shape index (κ3) is 2.55. The number of rotatable bonds is 3. The average molecular weight is 247 g/mol. The number of nitriles is 1. The van der Waals surface area contributed by atoms with Crippen LogP contribution in [0.4, 0.5) is 11.5 Å². The Kier molecular flexibility index (Phi) is 3.39. The van der Waals surface area contributed by atoms with E-state index in [9.17, 15) is 10.1 Å². The van der Waals surface area contributed by atoms with E-state index >= 15 is 0 Å². The lowest BCUT2D eigenvalue weighted by molar-refractivity contribution is -0.385. The van der Waals surface area contributed by atoms with Crippen molar-refractivity contribution >= 4 is 11.5 Å². The molecule has 1 aliphatic heterocycles. The van der Waals surface area contributed by atoms with E-state index in [1.54, 1.807) is 6.07 Å². The average Bonchev–Trinajstić information content (AvgIpc) is 2.74. The van der Waals surface area contributed by atoms with E-state index in [1.807, 2.05) is 7.05 Å². The maximum absolute atomic E-state index is 10.7. The molecule has 1 unspecified atom stereocenters. The molecule has 1 aromatic heterocycles. The van der Waals surface area contributed by atoms with Gasteiger partial charge in [-0.05, 0) is 26.1 Å². The summed E-state index contributed by atoms with van der Waals surface area (Å²) in [4.78, 5) is 16.2. The molecule has 2 heterocycles. The Morgan fingerprint density at radius 1 is 1.67 bits per heavy atom. The summed E-state index contributed by atoms with van der Waals surface area (Å²) in [6.07, 6.45) is 0.997. The fourth-order valence-electron chi connectivity index (χ4n) is 2.02. The standard InChI is InChI=1S/C11H13N5O2/c1-15-5-4-8(7-15)13-11-3-2-10(16(17)18)9(6-12)14-11/h2-3,8H,4-5,7H2,1H3,(H,13,14). The van der Waals surface area contributed by atoms with E-state index in [0.717, 1.165) is 19.5 Å². The van der Waals surface area contributed by atoms with E-state index < -0.39 is 4.92 Å². The molecule has 0 saturated carbocycles. The molecule has 0 spiro atoms. The van der Waals surface area contributed by atoms with Gasteiger partial charge in [-0.15, -0.1) is 0 Å². The second-order valence-electron chi connectivity index (χ2n) is 4.33. The first kappa shape index (κ1) is 12.3. The zero-order chi connectivity index (χ0) is 13.1. The normalized spacial score (nSPS) is 19.4. The molecule has 94 valence electrons. The molecule has 7 nitrogen and oxygen atoms in total. The van der Waals surface area contributed by atoms with Gasteiger partial charge in [0.2, 0.25) is 5.69 Å². The lowest BCUT2D eigenvalue weighted by atomic mass is 10.2. The molecule has 1 N–H and O–H groups in total. The van der Waals surface area contributed by atoms with Crippen LogP contribution in [-0.4, -0.2) is 41.0 Å². The number of likely N-dealkylation sites (N-methyl/N-ethyl adjacent to an activating group) is 1. The van der Waals surface area contributed by atoms with Crippen LogP contribution in [0.1, 0.15) is 12.1 Å². The van der Waals surface area contributed by atoms with Crippen molar-refractivity contribution in [3.63, 3.8) is 0 Å². The van der Waals surface area contributed by atoms with Gasteiger partial charge in [0.25, 0.3) is 0 Å². The minimum absolute atomic E-state index is 0.156. The summed E-state index contributed by atoms with van der Waals surface area (Å²) in [5.74, 6) is 0.512. The Hall–Kier alpha value is -2.20. The van der Waals surface area contributed by atoms with Gasteiger partial charge in [0.05, 0.1) is 4.92 Å². The molecule has 0 aromatic carbocycles. The second-order valence-corrected chi connectivity index (χ2v) is 4.33. The fraction of sp³-hybridized carbons (Fsp3) is 0.455. The molecule has 2 rings (SSSR count). The third-order valence-corrected chi connectivity index (χ3v) is 2.92. The number of nitro groups is 1.